The molecule has 0 heterocycles. The van der Waals surface area contributed by atoms with Crippen molar-refractivity contribution < 1.29 is 19.1 Å². The lowest BCUT2D eigenvalue weighted by molar-refractivity contribution is -0.139. The summed E-state index contributed by atoms with van der Waals surface area (Å²) < 4.78 is 9.72. The van der Waals surface area contributed by atoms with Gasteiger partial charge in [0.05, 0.1) is 19.6 Å². The average Bonchev–Trinajstić information content (AvgIpc) is 2.69. The summed E-state index contributed by atoms with van der Waals surface area (Å²) in [6.07, 6.45) is 4.84. The van der Waals surface area contributed by atoms with Crippen LogP contribution in [-0.4, -0.2) is 25.8 Å². The van der Waals surface area contributed by atoms with Gasteiger partial charge >= 0.3 is 12.1 Å². The molecule has 2 aromatic rings. The fraction of sp³-hybridized carbons (Fsp3) is 0.273. The van der Waals surface area contributed by atoms with E-state index in [0.29, 0.717) is 0 Å². The first-order valence-electron chi connectivity index (χ1n) is 8.81. The molecule has 2 aromatic carbocycles. The average molecular weight is 367 g/mol. The molecule has 0 aromatic heterocycles. The zero-order chi connectivity index (χ0) is 19.6. The molecule has 2 atom stereocenters. The molecule has 0 saturated heterocycles. The third-order valence-electron chi connectivity index (χ3n) is 4.22. The Morgan fingerprint density at radius 1 is 1.19 bits per heavy atom. The number of alkyl carbamates (subject to hydrolysis) is 1. The number of amides is 1. The standard InChI is InChI=1S/C22H25NO4/c1-4-14-27-22(25)23-21(16(2)8-7-11-20(24)26-3)19-13-12-17-9-5-6-10-18(17)15-19/h4-10,12-13,15-16,21H,1,11,14H2,2-3H3,(H,23,25)/b8-7+/t16-,21+/m1/s1. The maximum absolute atomic E-state index is 12.1. The highest BCUT2D eigenvalue weighted by atomic mass is 16.5. The first-order chi connectivity index (χ1) is 13.0. The molecule has 0 unspecified atom stereocenters. The van der Waals surface area contributed by atoms with Crippen molar-refractivity contribution in [1.82, 2.24) is 5.32 Å². The molecule has 2 rings (SSSR count). The Balaban J connectivity index is 2.25. The van der Waals surface area contributed by atoms with Crippen LogP contribution in [0.15, 0.2) is 67.3 Å². The van der Waals surface area contributed by atoms with Crippen LogP contribution < -0.4 is 5.32 Å². The SMILES string of the molecule is C=CCOC(=O)N[C@H](c1ccc2ccccc2c1)[C@H](C)/C=C/CC(=O)OC. The van der Waals surface area contributed by atoms with E-state index >= 15 is 0 Å². The lowest BCUT2D eigenvalue weighted by Crippen LogP contribution is -2.32. The third kappa shape index (κ3) is 5.99. The van der Waals surface area contributed by atoms with Crippen molar-refractivity contribution >= 4 is 22.8 Å². The highest BCUT2D eigenvalue weighted by molar-refractivity contribution is 5.83. The van der Waals surface area contributed by atoms with Gasteiger partial charge in [0.2, 0.25) is 0 Å². The Bertz CT molecular complexity index is 828. The van der Waals surface area contributed by atoms with Crippen molar-refractivity contribution in [2.75, 3.05) is 13.7 Å². The van der Waals surface area contributed by atoms with Crippen molar-refractivity contribution in [3.63, 3.8) is 0 Å². The maximum Gasteiger partial charge on any atom is 0.407 e. The second-order valence-corrected chi connectivity index (χ2v) is 6.18. The first-order valence-corrected chi connectivity index (χ1v) is 8.81. The van der Waals surface area contributed by atoms with Gasteiger partial charge in [-0.25, -0.2) is 4.79 Å². The summed E-state index contributed by atoms with van der Waals surface area (Å²) in [5, 5.41) is 5.13. The highest BCUT2D eigenvalue weighted by Crippen LogP contribution is 2.27. The second-order valence-electron chi connectivity index (χ2n) is 6.18. The van der Waals surface area contributed by atoms with Gasteiger partial charge in [-0.3, -0.25) is 4.79 Å². The van der Waals surface area contributed by atoms with Crippen LogP contribution in [-0.2, 0) is 14.3 Å². The molecule has 0 radical (unpaired) electrons. The monoisotopic (exact) mass is 367 g/mol. The molecule has 1 amide bonds. The third-order valence-corrected chi connectivity index (χ3v) is 4.22. The number of esters is 1. The Morgan fingerprint density at radius 3 is 2.63 bits per heavy atom. The number of methoxy groups -OCH3 is 1. The highest BCUT2D eigenvalue weighted by Gasteiger charge is 2.21. The number of rotatable bonds is 8. The quantitative estimate of drug-likeness (QED) is 0.549. The van der Waals surface area contributed by atoms with Gasteiger partial charge in [-0.15, -0.1) is 0 Å². The minimum absolute atomic E-state index is 0.0629. The zero-order valence-corrected chi connectivity index (χ0v) is 15.7. The number of carbonyl (C=O) groups excluding carboxylic acids is 2. The van der Waals surface area contributed by atoms with Gasteiger partial charge in [-0.2, -0.15) is 0 Å². The number of hydrogen-bond donors (Lipinski definition) is 1. The summed E-state index contributed by atoms with van der Waals surface area (Å²) in [7, 11) is 1.36. The molecule has 0 aliphatic heterocycles. The summed E-state index contributed by atoms with van der Waals surface area (Å²) in [6, 6.07) is 13.8. The van der Waals surface area contributed by atoms with Crippen molar-refractivity contribution in [2.45, 2.75) is 19.4 Å². The molecular weight excluding hydrogens is 342 g/mol. The minimum atomic E-state index is -0.513. The van der Waals surface area contributed by atoms with Gasteiger partial charge in [0.15, 0.2) is 0 Å². The molecule has 27 heavy (non-hydrogen) atoms. The van der Waals surface area contributed by atoms with Gasteiger partial charge < -0.3 is 14.8 Å². The molecule has 5 heteroatoms. The molecule has 5 nitrogen and oxygen atoms in total. The zero-order valence-electron chi connectivity index (χ0n) is 15.7. The van der Waals surface area contributed by atoms with Crippen molar-refractivity contribution in [1.29, 1.82) is 0 Å². The number of ether oxygens (including phenoxy) is 2. The number of benzene rings is 2. The van der Waals surface area contributed by atoms with Gasteiger partial charge in [-0.1, -0.05) is 68.1 Å². The van der Waals surface area contributed by atoms with Gasteiger partial charge in [0.1, 0.15) is 6.61 Å². The maximum atomic E-state index is 12.1. The van der Waals surface area contributed by atoms with Crippen LogP contribution in [0, 0.1) is 5.92 Å². The molecule has 0 aliphatic rings. The van der Waals surface area contributed by atoms with Crippen molar-refractivity contribution in [2.24, 2.45) is 5.92 Å². The normalized spacial score (nSPS) is 13.1. The van der Waals surface area contributed by atoms with E-state index in [1.165, 1.54) is 13.2 Å². The molecule has 142 valence electrons. The van der Waals surface area contributed by atoms with E-state index in [2.05, 4.69) is 22.7 Å². The molecule has 1 N–H and O–H groups in total. The van der Waals surface area contributed by atoms with Crippen LogP contribution in [0.3, 0.4) is 0 Å². The smallest absolute Gasteiger partial charge is 0.407 e. The summed E-state index contributed by atoms with van der Waals surface area (Å²) >= 11 is 0. The van der Waals surface area contributed by atoms with E-state index in [4.69, 9.17) is 4.74 Å². The minimum Gasteiger partial charge on any atom is -0.469 e. The van der Waals surface area contributed by atoms with Crippen molar-refractivity contribution in [3.8, 4) is 0 Å². The van der Waals surface area contributed by atoms with Gasteiger partial charge in [0, 0.05) is 0 Å². The summed E-state index contributed by atoms with van der Waals surface area (Å²) in [4.78, 5) is 23.4. The molecular formula is C22H25NO4. The Morgan fingerprint density at radius 2 is 1.93 bits per heavy atom. The fourth-order valence-corrected chi connectivity index (χ4v) is 2.80. The summed E-state index contributed by atoms with van der Waals surface area (Å²) in [5.41, 5.74) is 0.958. The van der Waals surface area contributed by atoms with Gasteiger partial charge in [-0.05, 0) is 28.3 Å². The predicted octanol–water partition coefficient (Wildman–Crippen LogP) is 4.55. The van der Waals surface area contributed by atoms with Crippen LogP contribution in [0.25, 0.3) is 10.8 Å². The molecule has 0 aliphatic carbocycles. The summed E-state index contributed by atoms with van der Waals surface area (Å²) in [5.74, 6) is -0.369. The molecule has 0 bridgehead atoms. The van der Waals surface area contributed by atoms with Crippen LogP contribution in [0.4, 0.5) is 4.79 Å². The Hall–Kier alpha value is -3.08. The van der Waals surface area contributed by atoms with E-state index in [1.807, 2.05) is 49.4 Å². The molecule has 0 fully saturated rings. The van der Waals surface area contributed by atoms with E-state index in [-0.39, 0.29) is 31.0 Å². The molecule has 0 saturated carbocycles. The van der Waals surface area contributed by atoms with E-state index in [1.54, 1.807) is 6.08 Å². The summed E-state index contributed by atoms with van der Waals surface area (Å²) in [6.45, 7) is 5.66. The van der Waals surface area contributed by atoms with Crippen LogP contribution in [0.1, 0.15) is 24.9 Å². The largest absolute Gasteiger partial charge is 0.469 e. The van der Waals surface area contributed by atoms with Crippen LogP contribution in [0.5, 0.6) is 0 Å². The van der Waals surface area contributed by atoms with E-state index in [0.717, 1.165) is 16.3 Å². The Labute approximate surface area is 159 Å². The fourth-order valence-electron chi connectivity index (χ4n) is 2.80. The second kappa shape index (κ2) is 10.2. The van der Waals surface area contributed by atoms with E-state index < -0.39 is 6.09 Å². The van der Waals surface area contributed by atoms with Gasteiger partial charge in [0.25, 0.3) is 0 Å². The number of carbonyl (C=O) groups is 2. The van der Waals surface area contributed by atoms with Crippen LogP contribution >= 0.6 is 0 Å². The van der Waals surface area contributed by atoms with Crippen molar-refractivity contribution in [3.05, 3.63) is 72.8 Å². The number of fused-ring (bicyclic) bond motifs is 1. The predicted molar refractivity (Wildman–Crippen MR) is 106 cm³/mol. The Kier molecular flexibility index (Phi) is 7.62. The first kappa shape index (κ1) is 20.2. The molecule has 0 spiro atoms. The van der Waals surface area contributed by atoms with E-state index in [9.17, 15) is 9.59 Å². The topological polar surface area (TPSA) is 64.6 Å². The number of hydrogen-bond acceptors (Lipinski definition) is 4. The van der Waals surface area contributed by atoms with Crippen LogP contribution in [0.2, 0.25) is 0 Å². The lowest BCUT2D eigenvalue weighted by Gasteiger charge is -2.23. The lowest BCUT2D eigenvalue weighted by atomic mass is 9.92. The number of nitrogens with one attached hydrogen (secondary N) is 1.